The van der Waals surface area contributed by atoms with Crippen LogP contribution in [0.5, 0.6) is 0 Å². The zero-order chi connectivity index (χ0) is 11.2. The monoisotopic (exact) mass is 221 g/mol. The molecular weight excluding hydrogens is 198 g/mol. The van der Waals surface area contributed by atoms with Gasteiger partial charge in [0.25, 0.3) is 0 Å². The van der Waals surface area contributed by atoms with Crippen LogP contribution in [0.1, 0.15) is 44.0 Å². The largest absolute Gasteiger partial charge is 0.334 e. The van der Waals surface area contributed by atoms with Crippen molar-refractivity contribution in [2.24, 2.45) is 0 Å². The van der Waals surface area contributed by atoms with Crippen molar-refractivity contribution in [3.8, 4) is 0 Å². The predicted molar refractivity (Wildman–Crippen MR) is 66.6 cm³/mol. The van der Waals surface area contributed by atoms with Gasteiger partial charge in [0.2, 0.25) is 0 Å². The molecule has 16 heavy (non-hydrogen) atoms. The Labute approximate surface area is 98.3 Å². The van der Waals surface area contributed by atoms with Gasteiger partial charge in [-0.25, -0.2) is 4.98 Å². The summed E-state index contributed by atoms with van der Waals surface area (Å²) < 4.78 is 2.36. The Morgan fingerprint density at radius 1 is 1.31 bits per heavy atom. The normalized spacial score (nSPS) is 15.1. The number of imidazole rings is 1. The lowest BCUT2D eigenvalue weighted by atomic mass is 10.0. The molecule has 0 radical (unpaired) electrons. The summed E-state index contributed by atoms with van der Waals surface area (Å²) in [4.78, 5) is 4.51. The lowest BCUT2D eigenvalue weighted by Crippen LogP contribution is -2.18. The van der Waals surface area contributed by atoms with Gasteiger partial charge in [0.1, 0.15) is 0 Å². The summed E-state index contributed by atoms with van der Waals surface area (Å²) in [5.41, 5.74) is 2.86. The minimum Gasteiger partial charge on any atom is -0.334 e. The third kappa shape index (κ3) is 2.85. The first-order valence-electron chi connectivity index (χ1n) is 6.65. The van der Waals surface area contributed by atoms with Gasteiger partial charge in [0.05, 0.1) is 12.0 Å². The van der Waals surface area contributed by atoms with Gasteiger partial charge in [0.15, 0.2) is 0 Å². The van der Waals surface area contributed by atoms with Crippen LogP contribution in [0.3, 0.4) is 0 Å². The number of nitrogens with one attached hydrogen (secondary N) is 1. The molecule has 90 valence electrons. The number of aryl methyl sites for hydroxylation is 2. The van der Waals surface area contributed by atoms with Crippen LogP contribution in [0.15, 0.2) is 6.33 Å². The van der Waals surface area contributed by atoms with Gasteiger partial charge in [-0.2, -0.15) is 0 Å². The van der Waals surface area contributed by atoms with Gasteiger partial charge in [-0.15, -0.1) is 0 Å². The summed E-state index contributed by atoms with van der Waals surface area (Å²) in [5, 5.41) is 3.44. The van der Waals surface area contributed by atoms with E-state index < -0.39 is 0 Å². The molecule has 1 aliphatic carbocycles. The lowest BCUT2D eigenvalue weighted by Gasteiger charge is -2.14. The maximum Gasteiger partial charge on any atom is 0.0951 e. The van der Waals surface area contributed by atoms with Crippen LogP contribution in [-0.4, -0.2) is 22.6 Å². The number of rotatable bonds is 6. The molecule has 0 saturated heterocycles. The Morgan fingerprint density at radius 2 is 2.19 bits per heavy atom. The van der Waals surface area contributed by atoms with Crippen LogP contribution in [0.25, 0.3) is 0 Å². The second-order valence-corrected chi connectivity index (χ2v) is 4.64. The molecule has 1 N–H and O–H groups in total. The highest BCUT2D eigenvalue weighted by Crippen LogP contribution is 2.19. The number of nitrogens with zero attached hydrogens (tertiary/aromatic N) is 2. The molecule has 0 aliphatic heterocycles. The van der Waals surface area contributed by atoms with Crippen molar-refractivity contribution < 1.29 is 0 Å². The second kappa shape index (κ2) is 6.04. The molecule has 0 spiro atoms. The highest BCUT2D eigenvalue weighted by molar-refractivity contribution is 5.16. The fraction of sp³-hybridized carbons (Fsp3) is 0.769. The number of aromatic nitrogens is 2. The third-order valence-electron chi connectivity index (χ3n) is 3.29. The van der Waals surface area contributed by atoms with Crippen molar-refractivity contribution in [1.82, 2.24) is 14.9 Å². The smallest absolute Gasteiger partial charge is 0.0951 e. The van der Waals surface area contributed by atoms with Crippen LogP contribution in [0.4, 0.5) is 0 Å². The minimum absolute atomic E-state index is 1.12. The van der Waals surface area contributed by atoms with E-state index in [-0.39, 0.29) is 0 Å². The Morgan fingerprint density at radius 3 is 3.06 bits per heavy atom. The molecule has 1 heterocycles. The first-order chi connectivity index (χ1) is 7.92. The van der Waals surface area contributed by atoms with Crippen LogP contribution in [0.2, 0.25) is 0 Å². The van der Waals surface area contributed by atoms with Gasteiger partial charge >= 0.3 is 0 Å². The molecule has 2 rings (SSSR count). The fourth-order valence-corrected chi connectivity index (χ4v) is 2.40. The molecule has 0 saturated carbocycles. The van der Waals surface area contributed by atoms with Crippen LogP contribution >= 0.6 is 0 Å². The van der Waals surface area contributed by atoms with E-state index in [4.69, 9.17) is 0 Å². The molecule has 3 heteroatoms. The van der Waals surface area contributed by atoms with E-state index >= 15 is 0 Å². The molecule has 0 amide bonds. The maximum absolute atomic E-state index is 4.51. The number of hydrogen-bond donors (Lipinski definition) is 1. The van der Waals surface area contributed by atoms with E-state index in [9.17, 15) is 0 Å². The van der Waals surface area contributed by atoms with E-state index in [0.717, 1.165) is 19.6 Å². The Bertz CT molecular complexity index is 317. The summed E-state index contributed by atoms with van der Waals surface area (Å²) in [5.74, 6) is 0. The van der Waals surface area contributed by atoms with Gasteiger partial charge in [-0.05, 0) is 51.6 Å². The Kier molecular flexibility index (Phi) is 4.40. The maximum atomic E-state index is 4.51. The van der Waals surface area contributed by atoms with E-state index in [1.165, 1.54) is 49.9 Å². The zero-order valence-corrected chi connectivity index (χ0v) is 10.3. The summed E-state index contributed by atoms with van der Waals surface area (Å²) in [6.07, 6.45) is 9.56. The molecule has 0 bridgehead atoms. The van der Waals surface area contributed by atoms with E-state index in [1.807, 2.05) is 6.33 Å². The summed E-state index contributed by atoms with van der Waals surface area (Å²) in [6.45, 7) is 5.60. The van der Waals surface area contributed by atoms with Crippen LogP contribution in [0, 0.1) is 0 Å². The fourth-order valence-electron chi connectivity index (χ4n) is 2.40. The molecule has 1 aromatic rings. The summed E-state index contributed by atoms with van der Waals surface area (Å²) >= 11 is 0. The molecule has 0 aromatic carbocycles. The average Bonchev–Trinajstić information content (AvgIpc) is 2.73. The standard InChI is InChI=1S/C13H23N3/c1-2-8-14-9-5-10-16-11-15-12-6-3-4-7-13(12)16/h11,14H,2-10H2,1H3. The molecule has 0 fully saturated rings. The van der Waals surface area contributed by atoms with Crippen molar-refractivity contribution in [1.29, 1.82) is 0 Å². The Hall–Kier alpha value is -0.830. The van der Waals surface area contributed by atoms with E-state index in [2.05, 4.69) is 21.8 Å². The first-order valence-corrected chi connectivity index (χ1v) is 6.65. The van der Waals surface area contributed by atoms with Crippen molar-refractivity contribution >= 4 is 0 Å². The van der Waals surface area contributed by atoms with Crippen molar-refractivity contribution in [2.75, 3.05) is 13.1 Å². The van der Waals surface area contributed by atoms with Crippen molar-refractivity contribution in [3.05, 3.63) is 17.7 Å². The third-order valence-corrected chi connectivity index (χ3v) is 3.29. The van der Waals surface area contributed by atoms with Gasteiger partial charge in [-0.3, -0.25) is 0 Å². The lowest BCUT2D eigenvalue weighted by molar-refractivity contribution is 0.551. The van der Waals surface area contributed by atoms with Crippen molar-refractivity contribution in [2.45, 2.75) is 52.0 Å². The van der Waals surface area contributed by atoms with E-state index in [1.54, 1.807) is 0 Å². The highest BCUT2D eigenvalue weighted by atomic mass is 15.1. The molecule has 0 unspecified atom stereocenters. The van der Waals surface area contributed by atoms with Gasteiger partial charge in [-0.1, -0.05) is 6.92 Å². The summed E-state index contributed by atoms with van der Waals surface area (Å²) in [7, 11) is 0. The van der Waals surface area contributed by atoms with Gasteiger partial charge in [0, 0.05) is 12.2 Å². The molecule has 1 aromatic heterocycles. The summed E-state index contributed by atoms with van der Waals surface area (Å²) in [6, 6.07) is 0. The van der Waals surface area contributed by atoms with Crippen molar-refractivity contribution in [3.63, 3.8) is 0 Å². The second-order valence-electron chi connectivity index (χ2n) is 4.64. The molecule has 3 nitrogen and oxygen atoms in total. The zero-order valence-electron chi connectivity index (χ0n) is 10.3. The van der Waals surface area contributed by atoms with E-state index in [0.29, 0.717) is 0 Å². The minimum atomic E-state index is 1.12. The number of fused-ring (bicyclic) bond motifs is 1. The predicted octanol–water partition coefficient (Wildman–Crippen LogP) is 2.15. The SMILES string of the molecule is CCCNCCCn1cnc2c1CCCC2. The van der Waals surface area contributed by atoms with Crippen LogP contribution in [-0.2, 0) is 19.4 Å². The topological polar surface area (TPSA) is 29.9 Å². The number of hydrogen-bond acceptors (Lipinski definition) is 2. The van der Waals surface area contributed by atoms with Gasteiger partial charge < -0.3 is 9.88 Å². The molecule has 1 aliphatic rings. The highest BCUT2D eigenvalue weighted by Gasteiger charge is 2.14. The average molecular weight is 221 g/mol. The molecule has 0 atom stereocenters. The Balaban J connectivity index is 1.78. The van der Waals surface area contributed by atoms with Crippen LogP contribution < -0.4 is 5.32 Å². The first kappa shape index (κ1) is 11.6. The molecular formula is C13H23N3. The quantitative estimate of drug-likeness (QED) is 0.746.